The van der Waals surface area contributed by atoms with E-state index in [4.69, 9.17) is 4.74 Å². The smallest absolute Gasteiger partial charge is 0.123 e. The molecule has 120 valence electrons. The Kier molecular flexibility index (Phi) is 8.40. The first-order valence-electron chi connectivity index (χ1n) is 8.20. The zero-order valence-corrected chi connectivity index (χ0v) is 14.4. The summed E-state index contributed by atoms with van der Waals surface area (Å²) in [6.45, 7) is 13.3. The Bertz CT molecular complexity index is 393. The molecule has 0 fully saturated rings. The number of benzene rings is 1. The van der Waals surface area contributed by atoms with E-state index in [1.807, 2.05) is 6.07 Å². The van der Waals surface area contributed by atoms with Gasteiger partial charge in [0.15, 0.2) is 0 Å². The van der Waals surface area contributed by atoms with Gasteiger partial charge in [0.05, 0.1) is 7.11 Å². The fourth-order valence-corrected chi connectivity index (χ4v) is 2.65. The van der Waals surface area contributed by atoms with Crippen molar-refractivity contribution in [2.45, 2.75) is 40.2 Å². The van der Waals surface area contributed by atoms with Crippen molar-refractivity contribution in [3.8, 4) is 5.75 Å². The van der Waals surface area contributed by atoms with E-state index in [1.54, 1.807) is 7.11 Å². The van der Waals surface area contributed by atoms with Crippen molar-refractivity contribution in [2.24, 2.45) is 5.92 Å². The molecule has 1 aromatic carbocycles. The monoisotopic (exact) mass is 292 g/mol. The molecule has 0 aliphatic carbocycles. The van der Waals surface area contributed by atoms with E-state index in [-0.39, 0.29) is 0 Å². The van der Waals surface area contributed by atoms with Gasteiger partial charge in [0, 0.05) is 24.7 Å². The minimum Gasteiger partial charge on any atom is -0.496 e. The van der Waals surface area contributed by atoms with Crippen molar-refractivity contribution >= 4 is 0 Å². The molecule has 1 N–H and O–H groups in total. The number of rotatable bonds is 10. The summed E-state index contributed by atoms with van der Waals surface area (Å²) in [5.74, 6) is 1.67. The molecule has 0 aliphatic rings. The third-order valence-corrected chi connectivity index (χ3v) is 3.67. The lowest BCUT2D eigenvalue weighted by atomic mass is 10.0. The molecule has 0 heterocycles. The van der Waals surface area contributed by atoms with Gasteiger partial charge >= 0.3 is 0 Å². The number of nitrogens with zero attached hydrogens (tertiary/aromatic N) is 1. The van der Waals surface area contributed by atoms with Gasteiger partial charge in [-0.2, -0.15) is 0 Å². The average molecular weight is 292 g/mol. The van der Waals surface area contributed by atoms with Crippen LogP contribution in [-0.4, -0.2) is 38.2 Å². The molecule has 0 aliphatic heterocycles. The Balaban J connectivity index is 2.88. The van der Waals surface area contributed by atoms with E-state index >= 15 is 0 Å². The minimum atomic E-state index is 0.319. The van der Waals surface area contributed by atoms with Gasteiger partial charge in [-0.05, 0) is 31.5 Å². The lowest BCUT2D eigenvalue weighted by Gasteiger charge is -2.29. The number of likely N-dealkylation sites (N-methyl/N-ethyl adjacent to an activating group) is 1. The van der Waals surface area contributed by atoms with Gasteiger partial charge in [-0.3, -0.25) is 0 Å². The summed E-state index contributed by atoms with van der Waals surface area (Å²) < 4.78 is 5.54. The Morgan fingerprint density at radius 2 is 1.86 bits per heavy atom. The van der Waals surface area contributed by atoms with Crippen molar-refractivity contribution in [1.82, 2.24) is 10.2 Å². The van der Waals surface area contributed by atoms with Gasteiger partial charge in [-0.25, -0.2) is 0 Å². The van der Waals surface area contributed by atoms with Crippen LogP contribution in [0.2, 0.25) is 0 Å². The van der Waals surface area contributed by atoms with Crippen LogP contribution in [0.25, 0.3) is 0 Å². The molecule has 1 aromatic rings. The first kappa shape index (κ1) is 18.0. The van der Waals surface area contributed by atoms with Gasteiger partial charge in [-0.15, -0.1) is 0 Å². The highest BCUT2D eigenvalue weighted by Gasteiger charge is 2.18. The third kappa shape index (κ3) is 6.06. The highest BCUT2D eigenvalue weighted by Crippen LogP contribution is 2.25. The molecule has 0 amide bonds. The van der Waals surface area contributed by atoms with E-state index in [9.17, 15) is 0 Å². The molecule has 3 nitrogen and oxygen atoms in total. The van der Waals surface area contributed by atoms with Crippen LogP contribution in [0, 0.1) is 5.92 Å². The van der Waals surface area contributed by atoms with E-state index in [1.165, 1.54) is 5.56 Å². The van der Waals surface area contributed by atoms with E-state index in [0.29, 0.717) is 12.0 Å². The maximum atomic E-state index is 5.54. The summed E-state index contributed by atoms with van der Waals surface area (Å²) in [5.41, 5.74) is 1.26. The van der Waals surface area contributed by atoms with Gasteiger partial charge in [0.2, 0.25) is 0 Å². The summed E-state index contributed by atoms with van der Waals surface area (Å²) in [7, 11) is 1.75. The van der Waals surface area contributed by atoms with E-state index in [0.717, 1.165) is 38.3 Å². The Morgan fingerprint density at radius 1 is 1.14 bits per heavy atom. The van der Waals surface area contributed by atoms with Gasteiger partial charge in [0.25, 0.3) is 0 Å². The molecular formula is C18H32N2O. The molecule has 0 bridgehead atoms. The lowest BCUT2D eigenvalue weighted by Crippen LogP contribution is -2.37. The van der Waals surface area contributed by atoms with Crippen LogP contribution >= 0.6 is 0 Å². The Hall–Kier alpha value is -1.06. The topological polar surface area (TPSA) is 24.5 Å². The summed E-state index contributed by atoms with van der Waals surface area (Å²) >= 11 is 0. The molecule has 1 rings (SSSR count). The number of para-hydroxylation sites is 1. The van der Waals surface area contributed by atoms with Crippen molar-refractivity contribution in [3.05, 3.63) is 29.8 Å². The van der Waals surface area contributed by atoms with Crippen LogP contribution < -0.4 is 10.1 Å². The summed E-state index contributed by atoms with van der Waals surface area (Å²) in [6, 6.07) is 8.67. The van der Waals surface area contributed by atoms with Gasteiger partial charge in [0.1, 0.15) is 5.75 Å². The second kappa shape index (κ2) is 9.80. The molecule has 0 saturated carbocycles. The third-order valence-electron chi connectivity index (χ3n) is 3.67. The summed E-state index contributed by atoms with van der Waals surface area (Å²) in [5, 5.41) is 3.68. The number of nitrogens with one attached hydrogen (secondary N) is 1. The summed E-state index contributed by atoms with van der Waals surface area (Å²) in [4.78, 5) is 2.52. The number of hydrogen-bond donors (Lipinski definition) is 1. The maximum absolute atomic E-state index is 5.54. The van der Waals surface area contributed by atoms with Crippen LogP contribution in [0.5, 0.6) is 5.75 Å². The predicted octanol–water partition coefficient (Wildman–Crippen LogP) is 3.71. The second-order valence-electron chi connectivity index (χ2n) is 5.99. The molecule has 0 radical (unpaired) electrons. The number of hydrogen-bond acceptors (Lipinski definition) is 3. The highest BCUT2D eigenvalue weighted by atomic mass is 16.5. The van der Waals surface area contributed by atoms with Crippen molar-refractivity contribution in [2.75, 3.05) is 33.3 Å². The molecular weight excluding hydrogens is 260 g/mol. The SMILES string of the molecule is CCCNC(CN(CC)CC(C)C)c1ccccc1OC. The Morgan fingerprint density at radius 3 is 2.43 bits per heavy atom. The molecule has 21 heavy (non-hydrogen) atoms. The van der Waals surface area contributed by atoms with Crippen LogP contribution in [0.15, 0.2) is 24.3 Å². The fraction of sp³-hybridized carbons (Fsp3) is 0.667. The largest absolute Gasteiger partial charge is 0.496 e. The summed E-state index contributed by atoms with van der Waals surface area (Å²) in [6.07, 6.45) is 1.14. The van der Waals surface area contributed by atoms with Crippen LogP contribution in [0.3, 0.4) is 0 Å². The number of ether oxygens (including phenoxy) is 1. The molecule has 0 aromatic heterocycles. The predicted molar refractivity (Wildman–Crippen MR) is 91.0 cm³/mol. The molecule has 1 atom stereocenters. The Labute approximate surface area is 130 Å². The molecule has 0 spiro atoms. The van der Waals surface area contributed by atoms with E-state index in [2.05, 4.69) is 56.1 Å². The average Bonchev–Trinajstić information content (AvgIpc) is 2.49. The normalized spacial score (nSPS) is 12.9. The first-order chi connectivity index (χ1) is 10.1. The van der Waals surface area contributed by atoms with E-state index < -0.39 is 0 Å². The van der Waals surface area contributed by atoms with Crippen LogP contribution in [0.1, 0.15) is 45.7 Å². The fourth-order valence-electron chi connectivity index (χ4n) is 2.65. The van der Waals surface area contributed by atoms with Crippen molar-refractivity contribution < 1.29 is 4.74 Å². The lowest BCUT2D eigenvalue weighted by molar-refractivity contribution is 0.226. The van der Waals surface area contributed by atoms with Crippen molar-refractivity contribution in [3.63, 3.8) is 0 Å². The van der Waals surface area contributed by atoms with Gasteiger partial charge in [-0.1, -0.05) is 45.9 Å². The van der Waals surface area contributed by atoms with Crippen molar-refractivity contribution in [1.29, 1.82) is 0 Å². The number of methoxy groups -OCH3 is 1. The van der Waals surface area contributed by atoms with Crippen LogP contribution in [0.4, 0.5) is 0 Å². The van der Waals surface area contributed by atoms with Gasteiger partial charge < -0.3 is 15.0 Å². The first-order valence-corrected chi connectivity index (χ1v) is 8.20. The zero-order valence-electron chi connectivity index (χ0n) is 14.4. The molecule has 1 unspecified atom stereocenters. The minimum absolute atomic E-state index is 0.319. The van der Waals surface area contributed by atoms with Crippen LogP contribution in [-0.2, 0) is 0 Å². The quantitative estimate of drug-likeness (QED) is 0.711. The molecule has 0 saturated heterocycles. The second-order valence-corrected chi connectivity index (χ2v) is 5.99. The maximum Gasteiger partial charge on any atom is 0.123 e. The molecule has 3 heteroatoms. The highest BCUT2D eigenvalue weighted by molar-refractivity contribution is 5.36. The zero-order chi connectivity index (χ0) is 15.7. The standard InChI is InChI=1S/C18H32N2O/c1-6-12-19-17(14-20(7-2)13-15(3)4)16-10-8-9-11-18(16)21-5/h8-11,15,17,19H,6-7,12-14H2,1-5H3.